The molecule has 33 heavy (non-hydrogen) atoms. The number of nitrogens with zero attached hydrogens (tertiary/aromatic N) is 3. The van der Waals surface area contributed by atoms with Crippen LogP contribution in [0.3, 0.4) is 0 Å². The molecule has 0 bridgehead atoms. The summed E-state index contributed by atoms with van der Waals surface area (Å²) in [6.07, 6.45) is 4.58. The number of benzene rings is 1. The first kappa shape index (κ1) is 24.6. The predicted octanol–water partition coefficient (Wildman–Crippen LogP) is 2.11. The minimum atomic E-state index is -0.308. The molecule has 3 rings (SSSR count). The molecule has 0 saturated heterocycles. The Morgan fingerprint density at radius 3 is 2.85 bits per heavy atom. The van der Waals surface area contributed by atoms with Gasteiger partial charge < -0.3 is 20.3 Å². The number of hydrogen-bond donors (Lipinski definition) is 2. The number of carbonyl (C=O) groups excluding carboxylic acids is 3. The van der Waals surface area contributed by atoms with Crippen LogP contribution >= 0.6 is 11.6 Å². The third-order valence-electron chi connectivity index (χ3n) is 5.44. The number of carbonyl (C=O) groups is 3. The summed E-state index contributed by atoms with van der Waals surface area (Å²) < 4.78 is 7.46. The molecule has 0 spiro atoms. The van der Waals surface area contributed by atoms with E-state index < -0.39 is 0 Å². The highest BCUT2D eigenvalue weighted by Crippen LogP contribution is 2.23. The second kappa shape index (κ2) is 11.7. The number of halogens is 1. The molecule has 0 fully saturated rings. The van der Waals surface area contributed by atoms with Gasteiger partial charge in [0.25, 0.3) is 5.91 Å². The lowest BCUT2D eigenvalue weighted by Gasteiger charge is -2.26. The van der Waals surface area contributed by atoms with Gasteiger partial charge in [0.05, 0.1) is 18.2 Å². The molecule has 0 radical (unpaired) electrons. The third kappa shape index (κ3) is 7.21. The monoisotopic (exact) mass is 475 g/mol. The first-order valence-corrected chi connectivity index (χ1v) is 11.5. The van der Waals surface area contributed by atoms with E-state index in [0.717, 1.165) is 0 Å². The standard InChI is InChI=1S/C23H30ClN5O4/c1-16(2)19-15-33-20-7-6-17(24)12-18(20)23(32)25-8-3-4-10-28(13-21(30)27-19)22(31)14-29-11-5-9-26-29/h5-7,9,11-12,16,19H,3-4,8,10,13-15H2,1-2H3,(H,25,32)(H,27,30)/t19-/m1/s1. The number of ether oxygens (including phenoxy) is 1. The zero-order chi connectivity index (χ0) is 23.8. The normalized spacial score (nSPS) is 18.4. The highest BCUT2D eigenvalue weighted by molar-refractivity contribution is 6.31. The Morgan fingerprint density at radius 1 is 1.30 bits per heavy atom. The van der Waals surface area contributed by atoms with Gasteiger partial charge in [-0.2, -0.15) is 5.10 Å². The zero-order valence-corrected chi connectivity index (χ0v) is 19.7. The SMILES string of the molecule is CC(C)[C@H]1COc2ccc(Cl)cc2C(=O)NCCCCN(C(=O)Cn2cccn2)CC(=O)N1. The Morgan fingerprint density at radius 2 is 2.12 bits per heavy atom. The lowest BCUT2D eigenvalue weighted by atomic mass is 10.1. The van der Waals surface area contributed by atoms with Crippen molar-refractivity contribution in [1.29, 1.82) is 0 Å². The highest BCUT2D eigenvalue weighted by atomic mass is 35.5. The van der Waals surface area contributed by atoms with Gasteiger partial charge >= 0.3 is 0 Å². The lowest BCUT2D eigenvalue weighted by Crippen LogP contribution is -2.48. The van der Waals surface area contributed by atoms with Gasteiger partial charge in [0, 0.05) is 30.5 Å². The van der Waals surface area contributed by atoms with Crippen molar-refractivity contribution in [2.45, 2.75) is 39.3 Å². The van der Waals surface area contributed by atoms with Crippen molar-refractivity contribution >= 4 is 29.3 Å². The average molecular weight is 476 g/mol. The number of nitrogens with one attached hydrogen (secondary N) is 2. The summed E-state index contributed by atoms with van der Waals surface area (Å²) >= 11 is 6.10. The Balaban J connectivity index is 1.77. The molecule has 178 valence electrons. The van der Waals surface area contributed by atoms with E-state index in [2.05, 4.69) is 15.7 Å². The van der Waals surface area contributed by atoms with Crippen molar-refractivity contribution in [2.24, 2.45) is 5.92 Å². The fourth-order valence-electron chi connectivity index (χ4n) is 3.46. The predicted molar refractivity (Wildman–Crippen MR) is 124 cm³/mol. The summed E-state index contributed by atoms with van der Waals surface area (Å²) in [4.78, 5) is 39.9. The summed E-state index contributed by atoms with van der Waals surface area (Å²) in [7, 11) is 0. The van der Waals surface area contributed by atoms with Crippen LogP contribution in [0.15, 0.2) is 36.7 Å². The molecule has 10 heteroatoms. The van der Waals surface area contributed by atoms with E-state index in [1.165, 1.54) is 9.58 Å². The summed E-state index contributed by atoms with van der Waals surface area (Å²) in [5.41, 5.74) is 0.349. The van der Waals surface area contributed by atoms with E-state index in [1.54, 1.807) is 36.7 Å². The zero-order valence-electron chi connectivity index (χ0n) is 18.9. The summed E-state index contributed by atoms with van der Waals surface area (Å²) in [6.45, 7) is 4.94. The van der Waals surface area contributed by atoms with E-state index in [9.17, 15) is 14.4 Å². The first-order valence-electron chi connectivity index (χ1n) is 11.1. The van der Waals surface area contributed by atoms with Gasteiger partial charge in [0.1, 0.15) is 18.9 Å². The topological polar surface area (TPSA) is 106 Å². The van der Waals surface area contributed by atoms with Crippen molar-refractivity contribution in [1.82, 2.24) is 25.3 Å². The summed E-state index contributed by atoms with van der Waals surface area (Å²) in [5.74, 6) is -0.252. The van der Waals surface area contributed by atoms with Crippen LogP contribution in [0, 0.1) is 5.92 Å². The van der Waals surface area contributed by atoms with Crippen molar-refractivity contribution in [3.63, 3.8) is 0 Å². The molecule has 2 aromatic rings. The van der Waals surface area contributed by atoms with E-state index in [4.69, 9.17) is 16.3 Å². The van der Waals surface area contributed by atoms with Gasteiger partial charge in [-0.05, 0) is 43.0 Å². The number of amides is 3. The molecule has 0 aliphatic carbocycles. The minimum absolute atomic E-state index is 0.0537. The fraction of sp³-hybridized carbons (Fsp3) is 0.478. The van der Waals surface area contributed by atoms with Gasteiger partial charge in [-0.25, -0.2) is 0 Å². The third-order valence-corrected chi connectivity index (χ3v) is 5.67. The van der Waals surface area contributed by atoms with Gasteiger partial charge in [-0.15, -0.1) is 0 Å². The van der Waals surface area contributed by atoms with Gasteiger partial charge in [0.15, 0.2) is 0 Å². The van der Waals surface area contributed by atoms with E-state index in [-0.39, 0.29) is 49.4 Å². The maximum atomic E-state index is 12.8. The first-order chi connectivity index (χ1) is 15.8. The van der Waals surface area contributed by atoms with Crippen LogP contribution in [-0.4, -0.2) is 64.7 Å². The van der Waals surface area contributed by atoms with Crippen molar-refractivity contribution in [2.75, 3.05) is 26.2 Å². The van der Waals surface area contributed by atoms with Crippen LogP contribution in [0.2, 0.25) is 5.02 Å². The molecule has 3 amide bonds. The quantitative estimate of drug-likeness (QED) is 0.707. The molecule has 0 saturated carbocycles. The van der Waals surface area contributed by atoms with Crippen LogP contribution in [0.1, 0.15) is 37.0 Å². The average Bonchev–Trinajstić information content (AvgIpc) is 3.28. The van der Waals surface area contributed by atoms with Gasteiger partial charge in [-0.1, -0.05) is 25.4 Å². The largest absolute Gasteiger partial charge is 0.491 e. The Labute approximate surface area is 198 Å². The molecule has 1 aliphatic heterocycles. The second-order valence-electron chi connectivity index (χ2n) is 8.35. The molecular formula is C23H30ClN5O4. The lowest BCUT2D eigenvalue weighted by molar-refractivity contribution is -0.137. The van der Waals surface area contributed by atoms with E-state index >= 15 is 0 Å². The Bertz CT molecular complexity index is 964. The van der Waals surface area contributed by atoms with Crippen LogP contribution < -0.4 is 15.4 Å². The van der Waals surface area contributed by atoms with Crippen molar-refractivity contribution < 1.29 is 19.1 Å². The molecular weight excluding hydrogens is 446 g/mol. The molecule has 1 aliphatic rings. The molecule has 1 aromatic carbocycles. The molecule has 2 N–H and O–H groups in total. The number of aromatic nitrogens is 2. The molecule has 2 heterocycles. The van der Waals surface area contributed by atoms with Crippen molar-refractivity contribution in [3.8, 4) is 5.75 Å². The summed E-state index contributed by atoms with van der Waals surface area (Å²) in [5, 5.41) is 10.4. The van der Waals surface area contributed by atoms with Gasteiger partial charge in [0.2, 0.25) is 11.8 Å². The maximum absolute atomic E-state index is 12.8. The van der Waals surface area contributed by atoms with E-state index in [0.29, 0.717) is 42.3 Å². The van der Waals surface area contributed by atoms with Crippen LogP contribution in [0.5, 0.6) is 5.75 Å². The molecule has 9 nitrogen and oxygen atoms in total. The van der Waals surface area contributed by atoms with Crippen LogP contribution in [0.25, 0.3) is 0 Å². The molecule has 1 aromatic heterocycles. The van der Waals surface area contributed by atoms with Crippen LogP contribution in [0.4, 0.5) is 0 Å². The van der Waals surface area contributed by atoms with Gasteiger partial charge in [-0.3, -0.25) is 19.1 Å². The smallest absolute Gasteiger partial charge is 0.255 e. The summed E-state index contributed by atoms with van der Waals surface area (Å²) in [6, 6.07) is 6.32. The minimum Gasteiger partial charge on any atom is -0.491 e. The van der Waals surface area contributed by atoms with E-state index in [1.807, 2.05) is 13.8 Å². The Hall–Kier alpha value is -3.07. The number of fused-ring (bicyclic) bond motifs is 1. The van der Waals surface area contributed by atoms with Crippen molar-refractivity contribution in [3.05, 3.63) is 47.2 Å². The Kier molecular flexibility index (Phi) is 8.71. The fourth-order valence-corrected chi connectivity index (χ4v) is 3.63. The second-order valence-corrected chi connectivity index (χ2v) is 8.79. The van der Waals surface area contributed by atoms with Crippen LogP contribution in [-0.2, 0) is 16.1 Å². The molecule has 0 unspecified atom stereocenters. The molecule has 1 atom stereocenters. The number of hydrogen-bond acceptors (Lipinski definition) is 5. The highest BCUT2D eigenvalue weighted by Gasteiger charge is 2.23. The maximum Gasteiger partial charge on any atom is 0.255 e. The number of rotatable bonds is 3.